The Hall–Kier alpha value is -3.86. The number of anilines is 2. The molecule has 4 atom stereocenters. The Morgan fingerprint density at radius 3 is 2.59 bits per heavy atom. The molecule has 1 saturated heterocycles. The number of aromatic nitrogens is 2. The van der Waals surface area contributed by atoms with Crippen molar-refractivity contribution in [2.24, 2.45) is 17.8 Å². The highest BCUT2D eigenvalue weighted by Gasteiger charge is 2.60. The van der Waals surface area contributed by atoms with E-state index in [9.17, 15) is 27.2 Å². The Morgan fingerprint density at radius 1 is 1.13 bits per heavy atom. The minimum Gasteiger partial charge on any atom is -0.381 e. The minimum atomic E-state index is -5.03. The topological polar surface area (TPSA) is 84.4 Å². The van der Waals surface area contributed by atoms with Crippen molar-refractivity contribution in [1.29, 1.82) is 0 Å². The molecular formula is C28H24F4N4O3. The van der Waals surface area contributed by atoms with E-state index < -0.39 is 29.2 Å². The summed E-state index contributed by atoms with van der Waals surface area (Å²) in [7, 11) is 0. The van der Waals surface area contributed by atoms with Crippen LogP contribution in [0.5, 0.6) is 0 Å². The number of aryl methyl sites for hydroxylation is 1. The monoisotopic (exact) mass is 540 g/mol. The molecule has 0 unspecified atom stereocenters. The molecule has 6 rings (SSSR count). The standard InChI is InChI=1S/C28H24F4N4O3/c1-3-36-25-18(21-19-11-39-12-20(19)22(21)27(36)38)8-14(10-34-25)17-9-15(5-4-13(17)2)35-26(37)16-6-7-33-24(23(16)29)28(30,31)32/h4-10,19-22H,3,11-12H2,1-2H3,(H,35,37)/t19-,20+,21+,22-/m1/s1. The van der Waals surface area contributed by atoms with Crippen molar-refractivity contribution in [2.75, 3.05) is 30.0 Å². The second-order valence-electron chi connectivity index (χ2n) is 10.1. The highest BCUT2D eigenvalue weighted by atomic mass is 19.4. The van der Waals surface area contributed by atoms with Crippen LogP contribution in [0.3, 0.4) is 0 Å². The molecule has 3 aliphatic rings. The quantitative estimate of drug-likeness (QED) is 0.460. The molecule has 2 aliphatic heterocycles. The zero-order valence-corrected chi connectivity index (χ0v) is 21.1. The van der Waals surface area contributed by atoms with Crippen LogP contribution in [0.1, 0.15) is 40.0 Å². The molecular weight excluding hydrogens is 516 g/mol. The fraction of sp³-hybridized carbons (Fsp3) is 0.357. The predicted molar refractivity (Wildman–Crippen MR) is 134 cm³/mol. The minimum absolute atomic E-state index is 0.0240. The van der Waals surface area contributed by atoms with Gasteiger partial charge in [0.05, 0.1) is 24.7 Å². The summed E-state index contributed by atoms with van der Waals surface area (Å²) in [6, 6.07) is 7.94. The molecule has 1 aromatic carbocycles. The van der Waals surface area contributed by atoms with Gasteiger partial charge < -0.3 is 10.1 Å². The largest absolute Gasteiger partial charge is 0.436 e. The Labute approximate surface area is 221 Å². The molecule has 4 heterocycles. The average Bonchev–Trinajstić information content (AvgIpc) is 3.28. The number of nitrogens with one attached hydrogen (secondary N) is 1. The molecule has 0 bridgehead atoms. The summed E-state index contributed by atoms with van der Waals surface area (Å²) in [5, 5.41) is 2.49. The molecule has 3 aromatic rings. The Morgan fingerprint density at radius 2 is 1.87 bits per heavy atom. The van der Waals surface area contributed by atoms with E-state index in [1.165, 1.54) is 0 Å². The fourth-order valence-electron chi connectivity index (χ4n) is 6.18. The molecule has 1 N–H and O–H groups in total. The van der Waals surface area contributed by atoms with Crippen molar-refractivity contribution in [1.82, 2.24) is 9.97 Å². The van der Waals surface area contributed by atoms with E-state index in [-0.39, 0.29) is 35.3 Å². The Kier molecular flexibility index (Phi) is 5.94. The molecule has 39 heavy (non-hydrogen) atoms. The number of nitrogens with zero attached hydrogens (tertiary/aromatic N) is 3. The normalized spacial score (nSPS) is 23.5. The molecule has 2 fully saturated rings. The average molecular weight is 541 g/mol. The summed E-state index contributed by atoms with van der Waals surface area (Å²) in [5.41, 5.74) is 1.13. The van der Waals surface area contributed by atoms with Crippen molar-refractivity contribution >= 4 is 23.3 Å². The first-order valence-corrected chi connectivity index (χ1v) is 12.6. The number of halogens is 4. The maximum atomic E-state index is 14.5. The van der Waals surface area contributed by atoms with E-state index in [2.05, 4.69) is 15.3 Å². The van der Waals surface area contributed by atoms with Gasteiger partial charge in [-0.1, -0.05) is 6.07 Å². The van der Waals surface area contributed by atoms with Crippen LogP contribution in [0.4, 0.5) is 29.1 Å². The molecule has 0 spiro atoms. The van der Waals surface area contributed by atoms with E-state index in [0.717, 1.165) is 34.5 Å². The van der Waals surface area contributed by atoms with Crippen molar-refractivity contribution in [3.8, 4) is 11.1 Å². The number of benzene rings is 1. The highest BCUT2D eigenvalue weighted by Crippen LogP contribution is 2.60. The summed E-state index contributed by atoms with van der Waals surface area (Å²) >= 11 is 0. The number of pyridine rings is 2. The van der Waals surface area contributed by atoms with E-state index in [0.29, 0.717) is 25.6 Å². The molecule has 0 radical (unpaired) electrons. The first kappa shape index (κ1) is 25.4. The molecule has 7 nitrogen and oxygen atoms in total. The van der Waals surface area contributed by atoms with Crippen LogP contribution in [0, 0.1) is 30.5 Å². The Balaban J connectivity index is 1.33. The van der Waals surface area contributed by atoms with Gasteiger partial charge in [0, 0.05) is 47.6 Å². The Bertz CT molecular complexity index is 1510. The van der Waals surface area contributed by atoms with E-state index in [4.69, 9.17) is 4.74 Å². The summed E-state index contributed by atoms with van der Waals surface area (Å²) < 4.78 is 59.3. The van der Waals surface area contributed by atoms with Gasteiger partial charge in [-0.2, -0.15) is 13.2 Å². The van der Waals surface area contributed by atoms with Gasteiger partial charge in [-0.05, 0) is 55.2 Å². The number of alkyl halides is 3. The summed E-state index contributed by atoms with van der Waals surface area (Å²) in [4.78, 5) is 35.3. The van der Waals surface area contributed by atoms with Crippen molar-refractivity contribution in [2.45, 2.75) is 25.9 Å². The molecule has 1 aliphatic carbocycles. The van der Waals surface area contributed by atoms with Crippen LogP contribution in [0.2, 0.25) is 0 Å². The second kappa shape index (κ2) is 9.11. The van der Waals surface area contributed by atoms with Gasteiger partial charge in [-0.15, -0.1) is 0 Å². The SMILES string of the molecule is CCN1C(=O)[C@@H]2[C@H]3COC[C@H]3[C@@H]2c2cc(-c3cc(NC(=O)c4ccnc(C(F)(F)F)c4F)ccc3C)cnc21. The third kappa shape index (κ3) is 3.98. The lowest BCUT2D eigenvalue weighted by atomic mass is 9.54. The summed E-state index contributed by atoms with van der Waals surface area (Å²) in [6.07, 6.45) is -2.61. The first-order valence-electron chi connectivity index (χ1n) is 12.6. The zero-order valence-electron chi connectivity index (χ0n) is 21.1. The van der Waals surface area contributed by atoms with Crippen molar-refractivity contribution in [3.63, 3.8) is 0 Å². The fourth-order valence-corrected chi connectivity index (χ4v) is 6.18. The number of amides is 2. The summed E-state index contributed by atoms with van der Waals surface area (Å²) in [5.74, 6) is -1.67. The van der Waals surface area contributed by atoms with Crippen LogP contribution >= 0.6 is 0 Å². The van der Waals surface area contributed by atoms with Crippen LogP contribution in [-0.2, 0) is 15.7 Å². The maximum absolute atomic E-state index is 14.5. The zero-order chi connectivity index (χ0) is 27.6. The van der Waals surface area contributed by atoms with Crippen LogP contribution in [0.15, 0.2) is 42.7 Å². The number of ether oxygens (including phenoxy) is 1. The molecule has 1 saturated carbocycles. The lowest BCUT2D eigenvalue weighted by Crippen LogP contribution is -2.57. The smallest absolute Gasteiger partial charge is 0.381 e. The van der Waals surface area contributed by atoms with Gasteiger partial charge in [-0.3, -0.25) is 14.5 Å². The second-order valence-corrected chi connectivity index (χ2v) is 10.1. The number of rotatable bonds is 4. The third-order valence-corrected chi connectivity index (χ3v) is 8.07. The molecule has 202 valence electrons. The van der Waals surface area contributed by atoms with Crippen molar-refractivity contribution in [3.05, 3.63) is 70.9 Å². The first-order chi connectivity index (χ1) is 18.6. The molecule has 2 amide bonds. The maximum Gasteiger partial charge on any atom is 0.436 e. The molecule has 2 aromatic heterocycles. The van der Waals surface area contributed by atoms with Gasteiger partial charge in [0.1, 0.15) is 5.82 Å². The van der Waals surface area contributed by atoms with Gasteiger partial charge in [0.25, 0.3) is 5.91 Å². The van der Waals surface area contributed by atoms with Gasteiger partial charge >= 0.3 is 6.18 Å². The van der Waals surface area contributed by atoms with Gasteiger partial charge in [0.15, 0.2) is 11.5 Å². The number of carbonyl (C=O) groups excluding carboxylic acids is 2. The van der Waals surface area contributed by atoms with Crippen LogP contribution < -0.4 is 10.2 Å². The number of fused-ring (bicyclic) bond motifs is 6. The molecule has 11 heteroatoms. The number of hydrogen-bond donors (Lipinski definition) is 1. The van der Waals surface area contributed by atoms with E-state index in [1.54, 1.807) is 29.3 Å². The summed E-state index contributed by atoms with van der Waals surface area (Å²) in [6.45, 7) is 5.49. The number of hydrogen-bond acceptors (Lipinski definition) is 5. The third-order valence-electron chi connectivity index (χ3n) is 8.07. The number of carbonyl (C=O) groups is 2. The van der Waals surface area contributed by atoms with Gasteiger partial charge in [0.2, 0.25) is 5.91 Å². The highest BCUT2D eigenvalue weighted by molar-refractivity contribution is 6.05. The van der Waals surface area contributed by atoms with E-state index in [1.807, 2.05) is 19.9 Å². The lowest BCUT2D eigenvalue weighted by molar-refractivity contribution is -0.143. The van der Waals surface area contributed by atoms with E-state index >= 15 is 0 Å². The predicted octanol–water partition coefficient (Wildman–Crippen LogP) is 5.20. The van der Waals surface area contributed by atoms with Gasteiger partial charge in [-0.25, -0.2) is 14.4 Å². The van der Waals surface area contributed by atoms with Crippen LogP contribution in [0.25, 0.3) is 11.1 Å². The van der Waals surface area contributed by atoms with Crippen LogP contribution in [-0.4, -0.2) is 41.5 Å². The van der Waals surface area contributed by atoms with Crippen molar-refractivity contribution < 1.29 is 31.9 Å². The lowest BCUT2D eigenvalue weighted by Gasteiger charge is -2.52.